The first kappa shape index (κ1) is 14.1. The molecule has 8 heteroatoms. The highest BCUT2D eigenvalue weighted by Gasteiger charge is 2.14. The minimum atomic E-state index is -3.84. The summed E-state index contributed by atoms with van der Waals surface area (Å²) in [4.78, 5) is 21.0. The van der Waals surface area contributed by atoms with Crippen molar-refractivity contribution in [2.45, 2.75) is 11.8 Å². The van der Waals surface area contributed by atoms with Crippen molar-refractivity contribution >= 4 is 27.6 Å². The molecule has 0 fully saturated rings. The lowest BCUT2D eigenvalue weighted by atomic mass is 10.3. The number of hydrogen-bond acceptors (Lipinski definition) is 4. The predicted octanol–water partition coefficient (Wildman–Crippen LogP) is 0.00790. The summed E-state index contributed by atoms with van der Waals surface area (Å²) in [6.45, 7) is 0.648. The molecule has 0 spiro atoms. The monoisotopic (exact) mass is 272 g/mol. The molecule has 3 N–H and O–H groups in total. The van der Waals surface area contributed by atoms with Crippen molar-refractivity contribution < 1.29 is 23.1 Å². The first-order valence-corrected chi connectivity index (χ1v) is 6.39. The van der Waals surface area contributed by atoms with Crippen LogP contribution in [0.2, 0.25) is 0 Å². The highest BCUT2D eigenvalue weighted by molar-refractivity contribution is 7.89. The molecule has 1 amide bonds. The SMILES string of the molecule is CC(=O)Nc1ccc(S(=O)(=O)NCC(=O)O)cc1. The van der Waals surface area contributed by atoms with E-state index in [4.69, 9.17) is 5.11 Å². The van der Waals surface area contributed by atoms with E-state index in [0.717, 1.165) is 0 Å². The van der Waals surface area contributed by atoms with Gasteiger partial charge in [0.1, 0.15) is 6.54 Å². The van der Waals surface area contributed by atoms with E-state index in [2.05, 4.69) is 5.32 Å². The molecule has 0 atom stereocenters. The minimum absolute atomic E-state index is 0.0714. The Morgan fingerprint density at radius 1 is 1.22 bits per heavy atom. The van der Waals surface area contributed by atoms with Gasteiger partial charge in [0.2, 0.25) is 15.9 Å². The number of carboxylic acids is 1. The summed E-state index contributed by atoms with van der Waals surface area (Å²) in [5.41, 5.74) is 0.458. The third-order valence-electron chi connectivity index (χ3n) is 1.90. The highest BCUT2D eigenvalue weighted by atomic mass is 32.2. The van der Waals surface area contributed by atoms with Crippen LogP contribution in [-0.2, 0) is 19.6 Å². The second-order valence-electron chi connectivity index (χ2n) is 3.42. The molecule has 0 bridgehead atoms. The van der Waals surface area contributed by atoms with Crippen LogP contribution in [0.25, 0.3) is 0 Å². The van der Waals surface area contributed by atoms with E-state index in [1.807, 2.05) is 4.72 Å². The second-order valence-corrected chi connectivity index (χ2v) is 5.19. The van der Waals surface area contributed by atoms with Crippen molar-refractivity contribution in [3.05, 3.63) is 24.3 Å². The van der Waals surface area contributed by atoms with Gasteiger partial charge in [-0.2, -0.15) is 4.72 Å². The molecule has 0 heterocycles. The minimum Gasteiger partial charge on any atom is -0.480 e. The van der Waals surface area contributed by atoms with Gasteiger partial charge in [-0.05, 0) is 24.3 Å². The number of anilines is 1. The number of hydrogen-bond donors (Lipinski definition) is 3. The van der Waals surface area contributed by atoms with E-state index in [9.17, 15) is 18.0 Å². The Bertz CT molecular complexity index is 550. The van der Waals surface area contributed by atoms with Crippen LogP contribution in [0.1, 0.15) is 6.92 Å². The van der Waals surface area contributed by atoms with Gasteiger partial charge in [0.05, 0.1) is 4.90 Å². The molecule has 1 rings (SSSR count). The Morgan fingerprint density at radius 3 is 2.22 bits per heavy atom. The first-order valence-electron chi connectivity index (χ1n) is 4.90. The molecule has 0 unspecified atom stereocenters. The van der Waals surface area contributed by atoms with Crippen LogP contribution in [0, 0.1) is 0 Å². The lowest BCUT2D eigenvalue weighted by molar-refractivity contribution is -0.135. The maximum Gasteiger partial charge on any atom is 0.318 e. The average Bonchev–Trinajstić information content (AvgIpc) is 2.26. The van der Waals surface area contributed by atoms with E-state index in [1.165, 1.54) is 31.2 Å². The Labute approximate surface area is 104 Å². The Balaban J connectivity index is 2.84. The van der Waals surface area contributed by atoms with Gasteiger partial charge in [-0.15, -0.1) is 0 Å². The van der Waals surface area contributed by atoms with E-state index in [1.54, 1.807) is 0 Å². The number of aliphatic carboxylic acids is 1. The van der Waals surface area contributed by atoms with Gasteiger partial charge in [0, 0.05) is 12.6 Å². The standard InChI is InChI=1S/C10H12N2O5S/c1-7(13)12-8-2-4-9(5-3-8)18(16,17)11-6-10(14)15/h2-5,11H,6H2,1H3,(H,12,13)(H,14,15). The predicted molar refractivity (Wildman–Crippen MR) is 63.6 cm³/mol. The van der Waals surface area contributed by atoms with Crippen molar-refractivity contribution in [2.75, 3.05) is 11.9 Å². The number of nitrogens with one attached hydrogen (secondary N) is 2. The summed E-state index contributed by atoms with van der Waals surface area (Å²) in [6, 6.07) is 5.37. The molecule has 0 radical (unpaired) electrons. The molecule has 0 aliphatic heterocycles. The summed E-state index contributed by atoms with van der Waals surface area (Å²) < 4.78 is 25.1. The number of sulfonamides is 1. The molecule has 0 aromatic heterocycles. The molecule has 98 valence electrons. The summed E-state index contributed by atoms with van der Waals surface area (Å²) in [7, 11) is -3.84. The van der Waals surface area contributed by atoms with Gasteiger partial charge in [-0.1, -0.05) is 0 Å². The van der Waals surface area contributed by atoms with E-state index in [-0.39, 0.29) is 10.8 Å². The quantitative estimate of drug-likeness (QED) is 0.698. The lowest BCUT2D eigenvalue weighted by Gasteiger charge is -2.06. The largest absolute Gasteiger partial charge is 0.480 e. The normalized spacial score (nSPS) is 10.9. The number of carbonyl (C=O) groups excluding carboxylic acids is 1. The molecule has 1 aromatic carbocycles. The maximum absolute atomic E-state index is 11.6. The zero-order chi connectivity index (χ0) is 13.8. The van der Waals surface area contributed by atoms with E-state index < -0.39 is 22.5 Å². The topological polar surface area (TPSA) is 113 Å². The van der Waals surface area contributed by atoms with Crippen LogP contribution in [-0.4, -0.2) is 31.9 Å². The van der Waals surface area contributed by atoms with Crippen molar-refractivity contribution in [1.29, 1.82) is 0 Å². The van der Waals surface area contributed by atoms with Crippen molar-refractivity contribution in [1.82, 2.24) is 4.72 Å². The third kappa shape index (κ3) is 4.15. The fraction of sp³-hybridized carbons (Fsp3) is 0.200. The molecular weight excluding hydrogens is 260 g/mol. The second kappa shape index (κ2) is 5.61. The molecule has 7 nitrogen and oxygen atoms in total. The van der Waals surface area contributed by atoms with Crippen LogP contribution >= 0.6 is 0 Å². The number of amides is 1. The smallest absolute Gasteiger partial charge is 0.318 e. The van der Waals surface area contributed by atoms with E-state index in [0.29, 0.717) is 5.69 Å². The molecule has 0 saturated heterocycles. The summed E-state index contributed by atoms with van der Waals surface area (Å²) >= 11 is 0. The fourth-order valence-electron chi connectivity index (χ4n) is 1.16. The first-order chi connectivity index (χ1) is 8.31. The molecule has 0 aliphatic carbocycles. The number of benzene rings is 1. The molecule has 1 aromatic rings. The molecule has 0 saturated carbocycles. The zero-order valence-electron chi connectivity index (χ0n) is 9.50. The summed E-state index contributed by atoms with van der Waals surface area (Å²) in [6.07, 6.45) is 0. The Kier molecular flexibility index (Phi) is 4.40. The van der Waals surface area contributed by atoms with Gasteiger partial charge < -0.3 is 10.4 Å². The molecule has 0 aliphatic rings. The van der Waals surface area contributed by atoms with Gasteiger partial charge in [0.25, 0.3) is 0 Å². The maximum atomic E-state index is 11.6. The van der Waals surface area contributed by atoms with Crippen LogP contribution < -0.4 is 10.0 Å². The molecular formula is C10H12N2O5S. The highest BCUT2D eigenvalue weighted by Crippen LogP contribution is 2.13. The Morgan fingerprint density at radius 2 is 1.78 bits per heavy atom. The van der Waals surface area contributed by atoms with Gasteiger partial charge in [-0.3, -0.25) is 9.59 Å². The van der Waals surface area contributed by atoms with Crippen molar-refractivity contribution in [3.63, 3.8) is 0 Å². The third-order valence-corrected chi connectivity index (χ3v) is 3.32. The number of carboxylic acid groups (broad SMARTS) is 1. The average molecular weight is 272 g/mol. The lowest BCUT2D eigenvalue weighted by Crippen LogP contribution is -2.29. The number of rotatable bonds is 5. The number of carbonyl (C=O) groups is 2. The zero-order valence-corrected chi connectivity index (χ0v) is 10.3. The Hall–Kier alpha value is -1.93. The van der Waals surface area contributed by atoms with Crippen LogP contribution in [0.4, 0.5) is 5.69 Å². The van der Waals surface area contributed by atoms with Gasteiger partial charge >= 0.3 is 5.97 Å². The van der Waals surface area contributed by atoms with Crippen LogP contribution in [0.15, 0.2) is 29.2 Å². The molecule has 18 heavy (non-hydrogen) atoms. The van der Waals surface area contributed by atoms with Crippen LogP contribution in [0.5, 0.6) is 0 Å². The van der Waals surface area contributed by atoms with Gasteiger partial charge in [-0.25, -0.2) is 8.42 Å². The van der Waals surface area contributed by atoms with Crippen LogP contribution in [0.3, 0.4) is 0 Å². The van der Waals surface area contributed by atoms with Crippen molar-refractivity contribution in [2.24, 2.45) is 0 Å². The van der Waals surface area contributed by atoms with Crippen molar-refractivity contribution in [3.8, 4) is 0 Å². The summed E-state index contributed by atoms with van der Waals surface area (Å²) in [5.74, 6) is -1.54. The fourth-order valence-corrected chi connectivity index (χ4v) is 2.14. The van der Waals surface area contributed by atoms with Gasteiger partial charge in [0.15, 0.2) is 0 Å². The summed E-state index contributed by atoms with van der Waals surface area (Å²) in [5, 5.41) is 10.9. The van der Waals surface area contributed by atoms with E-state index >= 15 is 0 Å².